The molecule has 0 spiro atoms. The summed E-state index contributed by atoms with van der Waals surface area (Å²) >= 11 is 0. The maximum absolute atomic E-state index is 6.10. The topological polar surface area (TPSA) is 31.4 Å². The van der Waals surface area contributed by atoms with Gasteiger partial charge in [0, 0.05) is 17.3 Å². The lowest BCUT2D eigenvalue weighted by molar-refractivity contribution is 0.256. The molecule has 3 heteroatoms. The van der Waals surface area contributed by atoms with Crippen molar-refractivity contribution in [1.82, 2.24) is 4.98 Å². The van der Waals surface area contributed by atoms with Crippen molar-refractivity contribution >= 4 is 0 Å². The van der Waals surface area contributed by atoms with Crippen LogP contribution < -0.4 is 9.47 Å². The minimum Gasteiger partial charge on any atom is -0.493 e. The highest BCUT2D eigenvalue weighted by molar-refractivity contribution is 5.75. The van der Waals surface area contributed by atoms with Gasteiger partial charge >= 0.3 is 0 Å². The highest BCUT2D eigenvalue weighted by Gasteiger charge is 2.12. The average Bonchev–Trinajstić information content (AvgIpc) is 2.69. The Hall–Kier alpha value is -2.03. The van der Waals surface area contributed by atoms with Crippen LogP contribution >= 0.6 is 0 Å². The molecule has 2 rings (SSSR count). The second-order valence-electron chi connectivity index (χ2n) is 6.96. The molecule has 0 radical (unpaired) electrons. The van der Waals surface area contributed by atoms with Crippen molar-refractivity contribution in [3.63, 3.8) is 0 Å². The van der Waals surface area contributed by atoms with Gasteiger partial charge in [-0.25, -0.2) is 0 Å². The number of para-hydroxylation sites is 1. The zero-order chi connectivity index (χ0) is 18.6. The van der Waals surface area contributed by atoms with Gasteiger partial charge in [-0.05, 0) is 24.5 Å². The summed E-state index contributed by atoms with van der Waals surface area (Å²) in [6, 6.07) is 10.2. The monoisotopic (exact) mass is 355 g/mol. The van der Waals surface area contributed by atoms with Crippen molar-refractivity contribution in [2.24, 2.45) is 5.92 Å². The molecular weight excluding hydrogens is 322 g/mol. The van der Waals surface area contributed by atoms with Crippen LogP contribution in [0.25, 0.3) is 11.1 Å². The smallest absolute Gasteiger partial charge is 0.145 e. The van der Waals surface area contributed by atoms with E-state index in [-0.39, 0.29) is 0 Å². The van der Waals surface area contributed by atoms with Crippen molar-refractivity contribution in [2.45, 2.75) is 59.3 Å². The molecule has 0 fully saturated rings. The van der Waals surface area contributed by atoms with E-state index in [1.54, 1.807) is 6.20 Å². The van der Waals surface area contributed by atoms with E-state index in [1.807, 2.05) is 30.5 Å². The number of aromatic nitrogens is 1. The molecule has 0 N–H and O–H groups in total. The number of hydrogen-bond donors (Lipinski definition) is 0. The van der Waals surface area contributed by atoms with Crippen molar-refractivity contribution in [1.29, 1.82) is 0 Å². The molecule has 0 aliphatic rings. The van der Waals surface area contributed by atoms with Crippen LogP contribution in [0.1, 0.15) is 59.3 Å². The summed E-state index contributed by atoms with van der Waals surface area (Å²) in [6.07, 6.45) is 10.9. The second kappa shape index (κ2) is 11.6. The van der Waals surface area contributed by atoms with Crippen molar-refractivity contribution < 1.29 is 9.47 Å². The fourth-order valence-corrected chi connectivity index (χ4v) is 2.77. The molecule has 26 heavy (non-hydrogen) atoms. The SMILES string of the molecule is CCCCCCCOc1ccccc1-c1ccncc1OCC(C)CC. The Morgan fingerprint density at radius 2 is 1.65 bits per heavy atom. The summed E-state index contributed by atoms with van der Waals surface area (Å²) in [7, 11) is 0. The van der Waals surface area contributed by atoms with Crippen LogP contribution in [0.5, 0.6) is 11.5 Å². The quantitative estimate of drug-likeness (QED) is 0.406. The number of hydrogen-bond acceptors (Lipinski definition) is 3. The van der Waals surface area contributed by atoms with E-state index in [2.05, 4.69) is 31.8 Å². The standard InChI is InChI=1S/C23H33NO2/c1-4-6-7-8-11-16-25-22-13-10-9-12-20(22)21-14-15-24-17-23(21)26-18-19(3)5-2/h9-10,12-15,17,19H,4-8,11,16,18H2,1-3H3. The predicted octanol–water partition coefficient (Wildman–Crippen LogP) is 6.52. The summed E-state index contributed by atoms with van der Waals surface area (Å²) in [6.45, 7) is 8.08. The van der Waals surface area contributed by atoms with Crippen molar-refractivity contribution in [3.05, 3.63) is 42.7 Å². The van der Waals surface area contributed by atoms with Gasteiger partial charge in [0.1, 0.15) is 11.5 Å². The van der Waals surface area contributed by atoms with Crippen molar-refractivity contribution in [2.75, 3.05) is 13.2 Å². The molecule has 1 heterocycles. The maximum atomic E-state index is 6.10. The lowest BCUT2D eigenvalue weighted by atomic mass is 10.0. The van der Waals surface area contributed by atoms with Crippen LogP contribution in [0.2, 0.25) is 0 Å². The van der Waals surface area contributed by atoms with E-state index in [1.165, 1.54) is 25.7 Å². The van der Waals surface area contributed by atoms with Gasteiger partial charge in [-0.15, -0.1) is 0 Å². The summed E-state index contributed by atoms with van der Waals surface area (Å²) in [5.74, 6) is 2.27. The van der Waals surface area contributed by atoms with Crippen LogP contribution in [0.3, 0.4) is 0 Å². The Labute approximate surface area is 158 Å². The molecular formula is C23H33NO2. The van der Waals surface area contributed by atoms with Gasteiger partial charge in [0.15, 0.2) is 0 Å². The lowest BCUT2D eigenvalue weighted by Gasteiger charge is -2.16. The van der Waals surface area contributed by atoms with Crippen LogP contribution in [0.15, 0.2) is 42.7 Å². The minimum atomic E-state index is 0.526. The van der Waals surface area contributed by atoms with E-state index in [0.29, 0.717) is 12.5 Å². The lowest BCUT2D eigenvalue weighted by Crippen LogP contribution is -2.08. The predicted molar refractivity (Wildman–Crippen MR) is 109 cm³/mol. The first-order valence-electron chi connectivity index (χ1n) is 10.0. The Morgan fingerprint density at radius 1 is 0.885 bits per heavy atom. The molecule has 0 aliphatic heterocycles. The number of pyridine rings is 1. The third-order valence-corrected chi connectivity index (χ3v) is 4.69. The van der Waals surface area contributed by atoms with Gasteiger partial charge in [-0.1, -0.05) is 71.1 Å². The molecule has 0 amide bonds. The summed E-state index contributed by atoms with van der Waals surface area (Å²) < 4.78 is 12.1. The zero-order valence-electron chi connectivity index (χ0n) is 16.5. The van der Waals surface area contributed by atoms with E-state index in [4.69, 9.17) is 9.47 Å². The Kier molecular flexibility index (Phi) is 9.02. The summed E-state index contributed by atoms with van der Waals surface area (Å²) in [4.78, 5) is 4.24. The van der Waals surface area contributed by atoms with Gasteiger partial charge in [-0.3, -0.25) is 4.98 Å². The Bertz CT molecular complexity index is 642. The zero-order valence-corrected chi connectivity index (χ0v) is 16.5. The highest BCUT2D eigenvalue weighted by Crippen LogP contribution is 2.36. The van der Waals surface area contributed by atoms with E-state index >= 15 is 0 Å². The van der Waals surface area contributed by atoms with Crippen LogP contribution in [0, 0.1) is 5.92 Å². The molecule has 1 unspecified atom stereocenters. The molecule has 3 nitrogen and oxygen atoms in total. The van der Waals surface area contributed by atoms with Crippen molar-refractivity contribution in [3.8, 4) is 22.6 Å². The Balaban J connectivity index is 2.06. The van der Waals surface area contributed by atoms with E-state index in [0.717, 1.165) is 42.1 Å². The number of nitrogens with zero attached hydrogens (tertiary/aromatic N) is 1. The first-order valence-corrected chi connectivity index (χ1v) is 10.0. The molecule has 0 saturated carbocycles. The van der Waals surface area contributed by atoms with E-state index in [9.17, 15) is 0 Å². The van der Waals surface area contributed by atoms with Gasteiger partial charge in [0.25, 0.3) is 0 Å². The first kappa shape index (κ1) is 20.3. The molecule has 0 saturated heterocycles. The molecule has 0 aliphatic carbocycles. The number of ether oxygens (including phenoxy) is 2. The van der Waals surface area contributed by atoms with Crippen LogP contribution in [-0.2, 0) is 0 Å². The molecule has 142 valence electrons. The summed E-state index contributed by atoms with van der Waals surface area (Å²) in [5, 5.41) is 0. The third kappa shape index (κ3) is 6.36. The van der Waals surface area contributed by atoms with Gasteiger partial charge in [0.05, 0.1) is 19.4 Å². The fourth-order valence-electron chi connectivity index (χ4n) is 2.77. The largest absolute Gasteiger partial charge is 0.493 e. The highest BCUT2D eigenvalue weighted by atomic mass is 16.5. The number of rotatable bonds is 12. The van der Waals surface area contributed by atoms with Crippen LogP contribution in [0.4, 0.5) is 0 Å². The fraction of sp³-hybridized carbons (Fsp3) is 0.522. The van der Waals surface area contributed by atoms with Crippen LogP contribution in [-0.4, -0.2) is 18.2 Å². The van der Waals surface area contributed by atoms with Gasteiger partial charge in [0.2, 0.25) is 0 Å². The number of benzene rings is 1. The molecule has 1 atom stereocenters. The molecule has 2 aromatic rings. The molecule has 0 bridgehead atoms. The maximum Gasteiger partial charge on any atom is 0.145 e. The van der Waals surface area contributed by atoms with Gasteiger partial charge < -0.3 is 9.47 Å². The van der Waals surface area contributed by atoms with E-state index < -0.39 is 0 Å². The molecule has 1 aromatic carbocycles. The first-order chi connectivity index (χ1) is 12.8. The third-order valence-electron chi connectivity index (χ3n) is 4.69. The van der Waals surface area contributed by atoms with Gasteiger partial charge in [-0.2, -0.15) is 0 Å². The number of unbranched alkanes of at least 4 members (excludes halogenated alkanes) is 4. The minimum absolute atomic E-state index is 0.526. The average molecular weight is 356 g/mol. The molecule has 1 aromatic heterocycles. The summed E-state index contributed by atoms with van der Waals surface area (Å²) in [5.41, 5.74) is 2.12. The Morgan fingerprint density at radius 3 is 2.46 bits per heavy atom. The second-order valence-corrected chi connectivity index (χ2v) is 6.96. The normalized spacial score (nSPS) is 12.0.